The highest BCUT2D eigenvalue weighted by Gasteiger charge is 2.32. The molecule has 10 nitrogen and oxygen atoms in total. The standard InChI is InChI=1S/C28H34FN9O/c1-19-14-37(25-5-4-20(13-30)27-22(25)3-2-7-32-27)16-21(39-19)15-35-9-11-36(12-10-35)26-6-8-33-28(34-26)38-17-23(29)24(31)18-38/h2-8,19,21,23-24H,9-12,14-18,31H2,1H3/t19-,21+,23+,24+/m1/s1. The topological polar surface area (TPSA) is 111 Å². The summed E-state index contributed by atoms with van der Waals surface area (Å²) in [7, 11) is 0. The number of halogens is 1. The Balaban J connectivity index is 1.08. The number of nitrogens with zero attached hydrogens (tertiary/aromatic N) is 8. The first-order valence-electron chi connectivity index (χ1n) is 13.6. The minimum atomic E-state index is -1.05. The van der Waals surface area contributed by atoms with Gasteiger partial charge in [0.05, 0.1) is 35.9 Å². The summed E-state index contributed by atoms with van der Waals surface area (Å²) in [6.45, 7) is 8.71. The maximum absolute atomic E-state index is 13.9. The van der Waals surface area contributed by atoms with E-state index in [2.05, 4.69) is 37.7 Å². The lowest BCUT2D eigenvalue weighted by atomic mass is 10.1. The first kappa shape index (κ1) is 25.7. The SMILES string of the molecule is C[C@@H]1CN(c2ccc(C#N)c3ncccc23)C[C@H](CN2CCN(c3ccnc(N4C[C@H](N)[C@@H](F)C4)n3)CC2)O1. The Kier molecular flexibility index (Phi) is 7.16. The number of rotatable bonds is 5. The molecule has 0 saturated carbocycles. The highest BCUT2D eigenvalue weighted by atomic mass is 19.1. The number of morpholine rings is 1. The molecule has 2 aromatic heterocycles. The average molecular weight is 532 g/mol. The van der Waals surface area contributed by atoms with Crippen molar-refractivity contribution in [3.8, 4) is 6.07 Å². The van der Waals surface area contributed by atoms with Crippen LogP contribution in [0.3, 0.4) is 0 Å². The molecule has 3 aliphatic rings. The lowest BCUT2D eigenvalue weighted by Crippen LogP contribution is -2.54. The summed E-state index contributed by atoms with van der Waals surface area (Å²) in [5, 5.41) is 10.5. The van der Waals surface area contributed by atoms with E-state index in [1.807, 2.05) is 35.2 Å². The molecule has 0 spiro atoms. The van der Waals surface area contributed by atoms with Gasteiger partial charge in [0.1, 0.15) is 18.1 Å². The third kappa shape index (κ3) is 5.32. The molecule has 0 radical (unpaired) electrons. The third-order valence-electron chi connectivity index (χ3n) is 7.89. The van der Waals surface area contributed by atoms with Gasteiger partial charge in [0, 0.05) is 75.8 Å². The summed E-state index contributed by atoms with van der Waals surface area (Å²) < 4.78 is 20.3. The Hall–Kier alpha value is -3.59. The first-order chi connectivity index (χ1) is 19.0. The molecule has 3 fully saturated rings. The Morgan fingerprint density at radius 3 is 2.62 bits per heavy atom. The molecule has 1 aromatic carbocycles. The number of anilines is 3. The smallest absolute Gasteiger partial charge is 0.227 e. The molecule has 11 heteroatoms. The van der Waals surface area contributed by atoms with E-state index >= 15 is 0 Å². The van der Waals surface area contributed by atoms with Gasteiger partial charge in [-0.15, -0.1) is 0 Å². The molecule has 0 unspecified atom stereocenters. The van der Waals surface area contributed by atoms with Gasteiger partial charge >= 0.3 is 0 Å². The second-order valence-electron chi connectivity index (χ2n) is 10.7. The van der Waals surface area contributed by atoms with Crippen molar-refractivity contribution in [3.63, 3.8) is 0 Å². The number of ether oxygens (including phenoxy) is 1. The van der Waals surface area contributed by atoms with Crippen molar-refractivity contribution < 1.29 is 9.13 Å². The maximum atomic E-state index is 13.9. The number of nitrogens with two attached hydrogens (primary N) is 1. The molecule has 204 valence electrons. The zero-order chi connectivity index (χ0) is 26.9. The summed E-state index contributed by atoms with van der Waals surface area (Å²) >= 11 is 0. The lowest BCUT2D eigenvalue weighted by Gasteiger charge is -2.42. The predicted molar refractivity (Wildman–Crippen MR) is 149 cm³/mol. The Labute approximate surface area is 227 Å². The summed E-state index contributed by atoms with van der Waals surface area (Å²) in [5.41, 5.74) is 8.29. The number of hydrogen-bond acceptors (Lipinski definition) is 10. The molecule has 3 saturated heterocycles. The van der Waals surface area contributed by atoms with Crippen molar-refractivity contribution in [3.05, 3.63) is 48.3 Å². The molecule has 3 aliphatic heterocycles. The Morgan fingerprint density at radius 2 is 1.85 bits per heavy atom. The monoisotopic (exact) mass is 531 g/mol. The van der Waals surface area contributed by atoms with Gasteiger partial charge in [-0.1, -0.05) is 0 Å². The number of benzene rings is 1. The van der Waals surface area contributed by atoms with Gasteiger partial charge < -0.3 is 25.2 Å². The number of piperazine rings is 1. The Bertz CT molecular complexity index is 1350. The van der Waals surface area contributed by atoms with Gasteiger partial charge in [-0.25, -0.2) is 9.37 Å². The van der Waals surface area contributed by atoms with Crippen molar-refractivity contribution in [1.82, 2.24) is 19.9 Å². The fraction of sp³-hybridized carbons (Fsp3) is 0.500. The molecular formula is C28H34FN9O. The minimum Gasteiger partial charge on any atom is -0.370 e. The quantitative estimate of drug-likeness (QED) is 0.523. The number of hydrogen-bond donors (Lipinski definition) is 1. The molecule has 6 rings (SSSR count). The highest BCUT2D eigenvalue weighted by molar-refractivity contribution is 5.95. The summed E-state index contributed by atoms with van der Waals surface area (Å²) in [6, 6.07) is 11.6. The maximum Gasteiger partial charge on any atom is 0.227 e. The van der Waals surface area contributed by atoms with Crippen molar-refractivity contribution in [2.75, 3.05) is 73.6 Å². The predicted octanol–water partition coefficient (Wildman–Crippen LogP) is 1.80. The summed E-state index contributed by atoms with van der Waals surface area (Å²) in [4.78, 5) is 22.5. The molecule has 2 N–H and O–H groups in total. The lowest BCUT2D eigenvalue weighted by molar-refractivity contribution is -0.0327. The minimum absolute atomic E-state index is 0.0707. The van der Waals surface area contributed by atoms with Crippen molar-refractivity contribution in [2.24, 2.45) is 5.73 Å². The number of fused-ring (bicyclic) bond motifs is 1. The Morgan fingerprint density at radius 1 is 1.00 bits per heavy atom. The number of aromatic nitrogens is 3. The van der Waals surface area contributed by atoms with Crippen LogP contribution in [0.4, 0.5) is 21.8 Å². The van der Waals surface area contributed by atoms with E-state index < -0.39 is 12.2 Å². The van der Waals surface area contributed by atoms with E-state index in [4.69, 9.17) is 15.5 Å². The van der Waals surface area contributed by atoms with E-state index in [9.17, 15) is 9.65 Å². The van der Waals surface area contributed by atoms with Crippen LogP contribution in [-0.4, -0.2) is 103 Å². The van der Waals surface area contributed by atoms with Gasteiger partial charge in [0.2, 0.25) is 5.95 Å². The second kappa shape index (κ2) is 10.9. The van der Waals surface area contributed by atoms with Crippen LogP contribution in [0.25, 0.3) is 10.9 Å². The molecule has 5 heterocycles. The second-order valence-corrected chi connectivity index (χ2v) is 10.7. The zero-order valence-corrected chi connectivity index (χ0v) is 22.2. The van der Waals surface area contributed by atoms with Gasteiger partial charge in [-0.05, 0) is 37.3 Å². The van der Waals surface area contributed by atoms with Gasteiger partial charge in [0.25, 0.3) is 0 Å². The van der Waals surface area contributed by atoms with Crippen molar-refractivity contribution in [1.29, 1.82) is 5.26 Å². The van der Waals surface area contributed by atoms with Crippen LogP contribution in [0.15, 0.2) is 42.7 Å². The van der Waals surface area contributed by atoms with E-state index in [-0.39, 0.29) is 18.8 Å². The summed E-state index contributed by atoms with van der Waals surface area (Å²) in [6.07, 6.45) is 2.60. The molecular weight excluding hydrogens is 497 g/mol. The van der Waals surface area contributed by atoms with Crippen LogP contribution in [-0.2, 0) is 4.74 Å². The normalized spacial score (nSPS) is 26.3. The van der Waals surface area contributed by atoms with Crippen LogP contribution in [0, 0.1) is 11.3 Å². The van der Waals surface area contributed by atoms with Crippen LogP contribution >= 0.6 is 0 Å². The number of nitriles is 1. The largest absolute Gasteiger partial charge is 0.370 e. The summed E-state index contributed by atoms with van der Waals surface area (Å²) in [5.74, 6) is 1.41. The molecule has 39 heavy (non-hydrogen) atoms. The third-order valence-corrected chi connectivity index (χ3v) is 7.89. The molecule has 0 aliphatic carbocycles. The highest BCUT2D eigenvalue weighted by Crippen LogP contribution is 2.30. The van der Waals surface area contributed by atoms with Crippen LogP contribution in [0.2, 0.25) is 0 Å². The zero-order valence-electron chi connectivity index (χ0n) is 22.2. The van der Waals surface area contributed by atoms with Gasteiger partial charge in [-0.2, -0.15) is 10.2 Å². The fourth-order valence-corrected chi connectivity index (χ4v) is 5.93. The van der Waals surface area contributed by atoms with Crippen LogP contribution < -0.4 is 20.4 Å². The van der Waals surface area contributed by atoms with Gasteiger partial charge in [0.15, 0.2) is 0 Å². The van der Waals surface area contributed by atoms with Crippen LogP contribution in [0.5, 0.6) is 0 Å². The van der Waals surface area contributed by atoms with Gasteiger partial charge in [-0.3, -0.25) is 9.88 Å². The van der Waals surface area contributed by atoms with E-state index in [1.54, 1.807) is 12.4 Å². The van der Waals surface area contributed by atoms with E-state index in [0.29, 0.717) is 18.1 Å². The number of alkyl halides is 1. The first-order valence-corrected chi connectivity index (χ1v) is 13.6. The molecule has 0 amide bonds. The van der Waals surface area contributed by atoms with E-state index in [1.165, 1.54) is 0 Å². The van der Waals surface area contributed by atoms with Crippen LogP contribution in [0.1, 0.15) is 12.5 Å². The van der Waals surface area contributed by atoms with E-state index in [0.717, 1.165) is 68.2 Å². The van der Waals surface area contributed by atoms with Crippen molar-refractivity contribution in [2.45, 2.75) is 31.3 Å². The molecule has 0 bridgehead atoms. The van der Waals surface area contributed by atoms with Crippen molar-refractivity contribution >= 4 is 28.4 Å². The average Bonchev–Trinajstić information content (AvgIpc) is 3.30. The molecule has 4 atom stereocenters. The fourth-order valence-electron chi connectivity index (χ4n) is 5.93. The number of pyridine rings is 1. The molecule has 3 aromatic rings.